The highest BCUT2D eigenvalue weighted by molar-refractivity contribution is 4.93. The zero-order valence-corrected chi connectivity index (χ0v) is 7.89. The first-order valence-electron chi connectivity index (χ1n) is 5.27. The number of nitrogens with zero attached hydrogens (tertiary/aromatic N) is 1. The summed E-state index contributed by atoms with van der Waals surface area (Å²) in [5, 5.41) is 0. The van der Waals surface area contributed by atoms with Crippen molar-refractivity contribution in [3.63, 3.8) is 0 Å². The monoisotopic (exact) mass is 168 g/mol. The van der Waals surface area contributed by atoms with E-state index < -0.39 is 0 Å². The van der Waals surface area contributed by atoms with E-state index in [1.165, 1.54) is 45.2 Å². The minimum Gasteiger partial charge on any atom is -0.329 e. The van der Waals surface area contributed by atoms with Crippen LogP contribution in [0.5, 0.6) is 0 Å². The Labute approximate surface area is 75.1 Å². The van der Waals surface area contributed by atoms with Gasteiger partial charge in [-0.1, -0.05) is 12.8 Å². The number of rotatable bonds is 2. The van der Waals surface area contributed by atoms with Crippen molar-refractivity contribution in [1.29, 1.82) is 0 Å². The lowest BCUT2D eigenvalue weighted by Gasteiger charge is -2.23. The molecule has 2 fully saturated rings. The van der Waals surface area contributed by atoms with E-state index in [0.717, 1.165) is 18.5 Å². The van der Waals surface area contributed by atoms with Gasteiger partial charge < -0.3 is 10.6 Å². The predicted octanol–water partition coefficient (Wildman–Crippen LogP) is 1.21. The molecule has 12 heavy (non-hydrogen) atoms. The summed E-state index contributed by atoms with van der Waals surface area (Å²) < 4.78 is 0. The zero-order chi connectivity index (χ0) is 8.44. The fourth-order valence-corrected chi connectivity index (χ4v) is 2.93. The van der Waals surface area contributed by atoms with Crippen molar-refractivity contribution in [2.24, 2.45) is 11.1 Å². The summed E-state index contributed by atoms with van der Waals surface area (Å²) in [5.41, 5.74) is 6.29. The Bertz CT molecular complexity index is 150. The van der Waals surface area contributed by atoms with Gasteiger partial charge >= 0.3 is 0 Å². The maximum absolute atomic E-state index is 5.55. The Hall–Kier alpha value is -0.0800. The Morgan fingerprint density at radius 3 is 2.58 bits per heavy atom. The van der Waals surface area contributed by atoms with Gasteiger partial charge in [-0.3, -0.25) is 0 Å². The van der Waals surface area contributed by atoms with E-state index in [1.54, 1.807) is 0 Å². The molecule has 2 aliphatic rings. The van der Waals surface area contributed by atoms with Crippen LogP contribution in [0.4, 0.5) is 0 Å². The van der Waals surface area contributed by atoms with Crippen LogP contribution in [-0.4, -0.2) is 31.1 Å². The third-order valence-electron chi connectivity index (χ3n) is 3.63. The number of hydrogen-bond acceptors (Lipinski definition) is 2. The lowest BCUT2D eigenvalue weighted by molar-refractivity contribution is 0.265. The second kappa shape index (κ2) is 3.35. The molecule has 2 heteroatoms. The van der Waals surface area contributed by atoms with Crippen LogP contribution in [0.3, 0.4) is 0 Å². The molecular formula is C10H20N2. The molecule has 1 spiro atoms. The van der Waals surface area contributed by atoms with Crippen LogP contribution in [0, 0.1) is 5.41 Å². The fraction of sp³-hybridized carbons (Fsp3) is 1.00. The lowest BCUT2D eigenvalue weighted by Crippen LogP contribution is -2.29. The highest BCUT2D eigenvalue weighted by Gasteiger charge is 2.39. The molecular weight excluding hydrogens is 148 g/mol. The molecule has 1 heterocycles. The van der Waals surface area contributed by atoms with E-state index in [0.29, 0.717) is 0 Å². The van der Waals surface area contributed by atoms with E-state index in [-0.39, 0.29) is 0 Å². The van der Waals surface area contributed by atoms with Crippen LogP contribution >= 0.6 is 0 Å². The average molecular weight is 168 g/mol. The quantitative estimate of drug-likeness (QED) is 0.671. The highest BCUT2D eigenvalue weighted by Crippen LogP contribution is 2.44. The van der Waals surface area contributed by atoms with Gasteiger partial charge in [-0.25, -0.2) is 0 Å². The molecule has 0 unspecified atom stereocenters. The van der Waals surface area contributed by atoms with Crippen molar-refractivity contribution in [3.05, 3.63) is 0 Å². The van der Waals surface area contributed by atoms with Crippen LogP contribution in [-0.2, 0) is 0 Å². The van der Waals surface area contributed by atoms with Gasteiger partial charge in [0, 0.05) is 19.6 Å². The molecule has 1 aliphatic heterocycles. The molecule has 70 valence electrons. The molecule has 2 N–H and O–H groups in total. The van der Waals surface area contributed by atoms with Crippen LogP contribution in [0.25, 0.3) is 0 Å². The summed E-state index contributed by atoms with van der Waals surface area (Å²) in [5.74, 6) is 0. The van der Waals surface area contributed by atoms with Gasteiger partial charge in [0.1, 0.15) is 0 Å². The third-order valence-corrected chi connectivity index (χ3v) is 3.63. The van der Waals surface area contributed by atoms with E-state index in [9.17, 15) is 0 Å². The summed E-state index contributed by atoms with van der Waals surface area (Å²) in [4.78, 5) is 2.55. The number of hydrogen-bond donors (Lipinski definition) is 1. The first-order valence-corrected chi connectivity index (χ1v) is 5.27. The summed E-state index contributed by atoms with van der Waals surface area (Å²) in [7, 11) is 0. The van der Waals surface area contributed by atoms with Crippen molar-refractivity contribution in [3.8, 4) is 0 Å². The first kappa shape index (κ1) is 8.52. The molecule has 2 nitrogen and oxygen atoms in total. The second-order valence-corrected chi connectivity index (χ2v) is 4.52. The first-order chi connectivity index (χ1) is 5.85. The molecule has 1 aliphatic carbocycles. The minimum absolute atomic E-state index is 0.731. The van der Waals surface area contributed by atoms with Gasteiger partial charge in [0.2, 0.25) is 0 Å². The Morgan fingerprint density at radius 1 is 1.17 bits per heavy atom. The van der Waals surface area contributed by atoms with Crippen molar-refractivity contribution < 1.29 is 0 Å². The van der Waals surface area contributed by atoms with Gasteiger partial charge in [0.25, 0.3) is 0 Å². The molecule has 0 aromatic heterocycles. The molecule has 0 bridgehead atoms. The summed E-state index contributed by atoms with van der Waals surface area (Å²) >= 11 is 0. The van der Waals surface area contributed by atoms with Crippen molar-refractivity contribution in [2.75, 3.05) is 26.2 Å². The average Bonchev–Trinajstić information content (AvgIpc) is 2.65. The smallest absolute Gasteiger partial charge is 0.0105 e. The Kier molecular flexibility index (Phi) is 2.37. The predicted molar refractivity (Wildman–Crippen MR) is 51.0 cm³/mol. The Morgan fingerprint density at radius 2 is 1.92 bits per heavy atom. The molecule has 2 rings (SSSR count). The SMILES string of the molecule is NCCN1CCC2(CCCC2)C1. The minimum atomic E-state index is 0.731. The van der Waals surface area contributed by atoms with Crippen LogP contribution in [0.1, 0.15) is 32.1 Å². The highest BCUT2D eigenvalue weighted by atomic mass is 15.2. The largest absolute Gasteiger partial charge is 0.329 e. The molecule has 0 aromatic rings. The van der Waals surface area contributed by atoms with Gasteiger partial charge in [0.05, 0.1) is 0 Å². The summed E-state index contributed by atoms with van der Waals surface area (Å²) in [6.07, 6.45) is 7.34. The van der Waals surface area contributed by atoms with E-state index >= 15 is 0 Å². The molecule has 1 saturated heterocycles. The van der Waals surface area contributed by atoms with Crippen LogP contribution in [0.2, 0.25) is 0 Å². The summed E-state index contributed by atoms with van der Waals surface area (Å²) in [6.45, 7) is 4.58. The van der Waals surface area contributed by atoms with Gasteiger partial charge in [-0.05, 0) is 31.2 Å². The maximum Gasteiger partial charge on any atom is 0.0105 e. The molecule has 1 saturated carbocycles. The number of likely N-dealkylation sites (tertiary alicyclic amines) is 1. The van der Waals surface area contributed by atoms with Gasteiger partial charge in [-0.2, -0.15) is 0 Å². The van der Waals surface area contributed by atoms with E-state index in [1.807, 2.05) is 0 Å². The summed E-state index contributed by atoms with van der Waals surface area (Å²) in [6, 6.07) is 0. The number of nitrogens with two attached hydrogens (primary N) is 1. The lowest BCUT2D eigenvalue weighted by atomic mass is 9.86. The third kappa shape index (κ3) is 1.50. The normalized spacial score (nSPS) is 28.8. The molecule has 0 aromatic carbocycles. The van der Waals surface area contributed by atoms with Gasteiger partial charge in [0.15, 0.2) is 0 Å². The Balaban J connectivity index is 1.88. The van der Waals surface area contributed by atoms with E-state index in [4.69, 9.17) is 5.73 Å². The zero-order valence-electron chi connectivity index (χ0n) is 7.89. The van der Waals surface area contributed by atoms with Gasteiger partial charge in [-0.15, -0.1) is 0 Å². The standard InChI is InChI=1S/C10H20N2/c11-6-8-12-7-5-10(9-12)3-1-2-4-10/h1-9,11H2. The van der Waals surface area contributed by atoms with E-state index in [2.05, 4.69) is 4.90 Å². The molecule has 0 atom stereocenters. The van der Waals surface area contributed by atoms with Crippen molar-refractivity contribution in [2.45, 2.75) is 32.1 Å². The molecule has 0 amide bonds. The van der Waals surface area contributed by atoms with Crippen LogP contribution < -0.4 is 5.73 Å². The van der Waals surface area contributed by atoms with Crippen molar-refractivity contribution in [1.82, 2.24) is 4.90 Å². The fourth-order valence-electron chi connectivity index (χ4n) is 2.93. The molecule has 0 radical (unpaired) electrons. The second-order valence-electron chi connectivity index (χ2n) is 4.52. The van der Waals surface area contributed by atoms with Crippen LogP contribution in [0.15, 0.2) is 0 Å². The van der Waals surface area contributed by atoms with Crippen molar-refractivity contribution >= 4 is 0 Å². The topological polar surface area (TPSA) is 29.3 Å². The maximum atomic E-state index is 5.55.